The molecule has 0 saturated carbocycles. The normalized spacial score (nSPS) is 13.2. The van der Waals surface area contributed by atoms with Crippen LogP contribution in [0.1, 0.15) is 27.0 Å². The highest BCUT2D eigenvalue weighted by molar-refractivity contribution is 6.37. The van der Waals surface area contributed by atoms with Crippen LogP contribution in [0.3, 0.4) is 0 Å². The Bertz CT molecular complexity index is 851. The van der Waals surface area contributed by atoms with Crippen molar-refractivity contribution >= 4 is 34.9 Å². The van der Waals surface area contributed by atoms with E-state index in [-0.39, 0.29) is 22.1 Å². The fourth-order valence-corrected chi connectivity index (χ4v) is 3.57. The van der Waals surface area contributed by atoms with E-state index in [1.807, 2.05) is 4.90 Å². The number of aromatic carboxylic acids is 1. The van der Waals surface area contributed by atoms with Crippen molar-refractivity contribution in [3.8, 4) is 11.5 Å². The summed E-state index contributed by atoms with van der Waals surface area (Å²) in [4.78, 5) is 13.0. The Morgan fingerprint density at radius 3 is 2.58 bits per heavy atom. The Labute approximate surface area is 148 Å². The molecule has 0 aliphatic carbocycles. The first-order valence-electron chi connectivity index (χ1n) is 7.30. The molecule has 0 radical (unpaired) electrons. The Hall–Kier alpha value is -2.11. The van der Waals surface area contributed by atoms with Gasteiger partial charge in [0.1, 0.15) is 11.3 Å². The maximum Gasteiger partial charge on any atom is 0.339 e. The predicted octanol–water partition coefficient (Wildman–Crippen LogP) is 3.97. The fraction of sp³-hybridized carbons (Fsp3) is 0.235. The van der Waals surface area contributed by atoms with Crippen molar-refractivity contribution in [2.45, 2.75) is 19.9 Å². The van der Waals surface area contributed by atoms with Gasteiger partial charge < -0.3 is 20.2 Å². The quantitative estimate of drug-likeness (QED) is 0.764. The van der Waals surface area contributed by atoms with Gasteiger partial charge in [-0.05, 0) is 42.2 Å². The van der Waals surface area contributed by atoms with Gasteiger partial charge in [-0.25, -0.2) is 4.79 Å². The molecule has 0 aromatic heterocycles. The lowest BCUT2D eigenvalue weighted by Gasteiger charge is -2.22. The lowest BCUT2D eigenvalue weighted by molar-refractivity contribution is 0.0693. The summed E-state index contributed by atoms with van der Waals surface area (Å²) in [5.41, 5.74) is 2.56. The van der Waals surface area contributed by atoms with Gasteiger partial charge in [0.25, 0.3) is 0 Å². The number of carboxylic acids is 1. The van der Waals surface area contributed by atoms with Gasteiger partial charge in [0.05, 0.1) is 10.7 Å². The van der Waals surface area contributed by atoms with E-state index < -0.39 is 5.97 Å². The molecule has 0 spiro atoms. The monoisotopic (exact) mass is 367 g/mol. The zero-order chi connectivity index (χ0) is 17.6. The number of benzene rings is 2. The highest BCUT2D eigenvalue weighted by Gasteiger charge is 2.27. The van der Waals surface area contributed by atoms with E-state index in [1.165, 1.54) is 12.1 Å². The molecule has 7 heteroatoms. The van der Waals surface area contributed by atoms with Crippen molar-refractivity contribution in [2.24, 2.45) is 0 Å². The number of anilines is 1. The van der Waals surface area contributed by atoms with Crippen LogP contribution in [-0.2, 0) is 13.0 Å². The predicted molar refractivity (Wildman–Crippen MR) is 92.7 cm³/mol. The SMILES string of the molecule is Cc1c(CN2CCc3c(Cl)cc(Cl)c(O)c32)ccc(C(=O)O)c1O. The van der Waals surface area contributed by atoms with E-state index in [4.69, 9.17) is 28.3 Å². The number of aromatic hydroxyl groups is 2. The first-order chi connectivity index (χ1) is 11.3. The number of halogens is 2. The summed E-state index contributed by atoms with van der Waals surface area (Å²) in [6.45, 7) is 2.71. The third-order valence-corrected chi connectivity index (χ3v) is 4.99. The second-order valence-electron chi connectivity index (χ2n) is 5.74. The number of hydrogen-bond donors (Lipinski definition) is 3. The molecule has 1 aliphatic rings. The number of phenols is 2. The van der Waals surface area contributed by atoms with Crippen molar-refractivity contribution in [3.05, 3.63) is 50.5 Å². The van der Waals surface area contributed by atoms with Gasteiger partial charge in [0.2, 0.25) is 0 Å². The molecule has 0 saturated heterocycles. The van der Waals surface area contributed by atoms with Crippen LogP contribution in [0.25, 0.3) is 0 Å². The molecule has 0 unspecified atom stereocenters. The van der Waals surface area contributed by atoms with Crippen molar-refractivity contribution in [1.29, 1.82) is 0 Å². The summed E-state index contributed by atoms with van der Waals surface area (Å²) in [5.74, 6) is -1.43. The maximum absolute atomic E-state index is 11.1. The van der Waals surface area contributed by atoms with Crippen LogP contribution in [0.2, 0.25) is 10.0 Å². The van der Waals surface area contributed by atoms with Crippen LogP contribution in [0, 0.1) is 6.92 Å². The molecule has 24 heavy (non-hydrogen) atoms. The molecule has 1 aliphatic heterocycles. The largest absolute Gasteiger partial charge is 0.507 e. The van der Waals surface area contributed by atoms with Gasteiger partial charge in [-0.2, -0.15) is 0 Å². The summed E-state index contributed by atoms with van der Waals surface area (Å²) in [6.07, 6.45) is 0.678. The number of hydrogen-bond acceptors (Lipinski definition) is 4. The van der Waals surface area contributed by atoms with E-state index in [2.05, 4.69) is 0 Å². The lowest BCUT2D eigenvalue weighted by atomic mass is 10.0. The third-order valence-electron chi connectivity index (χ3n) is 4.36. The molecule has 0 bridgehead atoms. The average Bonchev–Trinajstić information content (AvgIpc) is 2.94. The zero-order valence-electron chi connectivity index (χ0n) is 12.8. The standard InChI is InChI=1S/C17H15Cl2NO4/c1-8-9(2-3-11(15(8)21)17(23)24)7-20-5-4-10-12(18)6-13(19)16(22)14(10)20/h2-3,6,21-22H,4-5,7H2,1H3,(H,23,24). The smallest absolute Gasteiger partial charge is 0.339 e. The Kier molecular flexibility index (Phi) is 4.24. The topological polar surface area (TPSA) is 81.0 Å². The van der Waals surface area contributed by atoms with Gasteiger partial charge in [-0.15, -0.1) is 0 Å². The summed E-state index contributed by atoms with van der Waals surface area (Å²) < 4.78 is 0. The molecule has 3 rings (SSSR count). The van der Waals surface area contributed by atoms with Crippen LogP contribution < -0.4 is 4.90 Å². The summed E-state index contributed by atoms with van der Waals surface area (Å²) in [5, 5.41) is 30.1. The minimum Gasteiger partial charge on any atom is -0.507 e. The molecular formula is C17H15Cl2NO4. The van der Waals surface area contributed by atoms with Gasteiger partial charge in [-0.3, -0.25) is 0 Å². The van der Waals surface area contributed by atoms with Crippen molar-refractivity contribution in [1.82, 2.24) is 0 Å². The number of carboxylic acid groups (broad SMARTS) is 1. The highest BCUT2D eigenvalue weighted by atomic mass is 35.5. The molecular weight excluding hydrogens is 353 g/mol. The summed E-state index contributed by atoms with van der Waals surface area (Å²) in [6, 6.07) is 4.57. The molecule has 0 atom stereocenters. The minimum atomic E-state index is -1.18. The Morgan fingerprint density at radius 2 is 1.92 bits per heavy atom. The molecule has 3 N–H and O–H groups in total. The molecule has 2 aromatic carbocycles. The van der Waals surface area contributed by atoms with Gasteiger partial charge >= 0.3 is 5.97 Å². The summed E-state index contributed by atoms with van der Waals surface area (Å²) >= 11 is 12.2. The Morgan fingerprint density at radius 1 is 1.21 bits per heavy atom. The fourth-order valence-electron chi connectivity index (χ4n) is 3.02. The van der Waals surface area contributed by atoms with Gasteiger partial charge in [0, 0.05) is 18.1 Å². The van der Waals surface area contributed by atoms with E-state index >= 15 is 0 Å². The average molecular weight is 368 g/mol. The molecule has 0 fully saturated rings. The van der Waals surface area contributed by atoms with Crippen molar-refractivity contribution < 1.29 is 20.1 Å². The van der Waals surface area contributed by atoms with E-state index in [1.54, 1.807) is 13.0 Å². The maximum atomic E-state index is 11.1. The molecule has 0 amide bonds. The zero-order valence-corrected chi connectivity index (χ0v) is 14.3. The summed E-state index contributed by atoms with van der Waals surface area (Å²) in [7, 11) is 0. The molecule has 126 valence electrons. The Balaban J connectivity index is 1.99. The first-order valence-corrected chi connectivity index (χ1v) is 8.06. The highest BCUT2D eigenvalue weighted by Crippen LogP contribution is 2.45. The van der Waals surface area contributed by atoms with Crippen LogP contribution in [0.5, 0.6) is 11.5 Å². The van der Waals surface area contributed by atoms with Crippen LogP contribution in [0.15, 0.2) is 18.2 Å². The third kappa shape index (κ3) is 2.64. The molecule has 5 nitrogen and oxygen atoms in total. The minimum absolute atomic E-state index is 0.0161. The number of phenolic OH excluding ortho intramolecular Hbond substituents is 1. The second kappa shape index (κ2) is 6.07. The number of nitrogens with zero attached hydrogens (tertiary/aromatic N) is 1. The number of carbonyl (C=O) groups is 1. The second-order valence-corrected chi connectivity index (χ2v) is 6.55. The van der Waals surface area contributed by atoms with E-state index in [0.717, 1.165) is 11.1 Å². The number of rotatable bonds is 3. The van der Waals surface area contributed by atoms with Crippen molar-refractivity contribution in [3.63, 3.8) is 0 Å². The lowest BCUT2D eigenvalue weighted by Crippen LogP contribution is -2.20. The van der Waals surface area contributed by atoms with Crippen LogP contribution >= 0.6 is 23.2 Å². The number of fused-ring (bicyclic) bond motifs is 1. The van der Waals surface area contributed by atoms with E-state index in [0.29, 0.717) is 35.8 Å². The molecule has 2 aromatic rings. The molecule has 1 heterocycles. The van der Waals surface area contributed by atoms with E-state index in [9.17, 15) is 15.0 Å². The van der Waals surface area contributed by atoms with Crippen molar-refractivity contribution in [2.75, 3.05) is 11.4 Å². The van der Waals surface area contributed by atoms with Gasteiger partial charge in [-0.1, -0.05) is 29.3 Å². The van der Waals surface area contributed by atoms with Gasteiger partial charge in [0.15, 0.2) is 5.75 Å². The van der Waals surface area contributed by atoms with Crippen LogP contribution in [-0.4, -0.2) is 27.8 Å². The van der Waals surface area contributed by atoms with Crippen LogP contribution in [0.4, 0.5) is 5.69 Å². The first kappa shape index (κ1) is 16.7.